The number of aliphatic carboxylic acids is 1. The molecule has 4 heteroatoms. The van der Waals surface area contributed by atoms with Gasteiger partial charge in [-0.2, -0.15) is 0 Å². The van der Waals surface area contributed by atoms with Crippen molar-refractivity contribution in [1.29, 1.82) is 0 Å². The van der Waals surface area contributed by atoms with Crippen LogP contribution in [0.4, 0.5) is 0 Å². The lowest BCUT2D eigenvalue weighted by molar-refractivity contribution is -0.144. The summed E-state index contributed by atoms with van der Waals surface area (Å²) in [7, 11) is 0. The fraction of sp³-hybridized carbons (Fsp3) is 0.800. The van der Waals surface area contributed by atoms with Crippen molar-refractivity contribution < 1.29 is 14.7 Å². The van der Waals surface area contributed by atoms with Gasteiger partial charge in [0.05, 0.1) is 0 Å². The summed E-state index contributed by atoms with van der Waals surface area (Å²) in [6, 6.07) is -0.747. The minimum atomic E-state index is -0.951. The number of hydrogen-bond acceptors (Lipinski definition) is 2. The first kappa shape index (κ1) is 11.0. The molecule has 1 amide bonds. The van der Waals surface area contributed by atoms with Crippen LogP contribution in [-0.4, -0.2) is 23.0 Å². The number of carbonyl (C=O) groups excluding carboxylic acids is 1. The van der Waals surface area contributed by atoms with Crippen molar-refractivity contribution in [2.24, 2.45) is 11.8 Å². The van der Waals surface area contributed by atoms with Gasteiger partial charge in [-0.15, -0.1) is 0 Å². The van der Waals surface area contributed by atoms with E-state index in [4.69, 9.17) is 5.11 Å². The summed E-state index contributed by atoms with van der Waals surface area (Å²) < 4.78 is 0. The van der Waals surface area contributed by atoms with E-state index < -0.39 is 12.0 Å². The quantitative estimate of drug-likeness (QED) is 0.710. The van der Waals surface area contributed by atoms with Crippen LogP contribution in [0, 0.1) is 11.8 Å². The Morgan fingerprint density at radius 1 is 1.36 bits per heavy atom. The fourth-order valence-electron chi connectivity index (χ4n) is 1.46. The van der Waals surface area contributed by atoms with E-state index in [1.165, 1.54) is 0 Å². The molecule has 0 aromatic heterocycles. The molecule has 0 aliphatic heterocycles. The minimum absolute atomic E-state index is 0.0515. The molecule has 4 nitrogen and oxygen atoms in total. The molecule has 2 N–H and O–H groups in total. The number of carboxylic acids is 1. The molecule has 1 atom stereocenters. The maximum absolute atomic E-state index is 11.5. The van der Waals surface area contributed by atoms with Crippen LogP contribution in [-0.2, 0) is 9.59 Å². The molecule has 0 heterocycles. The van der Waals surface area contributed by atoms with Crippen molar-refractivity contribution in [2.75, 3.05) is 0 Å². The highest BCUT2D eigenvalue weighted by atomic mass is 16.4. The van der Waals surface area contributed by atoms with Crippen molar-refractivity contribution in [3.63, 3.8) is 0 Å². The third-order valence-electron chi connectivity index (χ3n) is 2.71. The monoisotopic (exact) mass is 199 g/mol. The predicted molar refractivity (Wildman–Crippen MR) is 51.7 cm³/mol. The zero-order valence-corrected chi connectivity index (χ0v) is 8.62. The Kier molecular flexibility index (Phi) is 3.49. The maximum atomic E-state index is 11.5. The molecule has 1 aliphatic rings. The Bertz CT molecular complexity index is 234. The summed E-state index contributed by atoms with van der Waals surface area (Å²) in [5.41, 5.74) is 0. The van der Waals surface area contributed by atoms with E-state index in [0.717, 1.165) is 19.3 Å². The smallest absolute Gasteiger partial charge is 0.326 e. The number of amides is 1. The molecule has 1 rings (SSSR count). The zero-order valence-electron chi connectivity index (χ0n) is 8.62. The summed E-state index contributed by atoms with van der Waals surface area (Å²) in [6.07, 6.45) is 2.88. The second-order valence-corrected chi connectivity index (χ2v) is 4.20. The molecule has 0 aromatic carbocycles. The summed E-state index contributed by atoms with van der Waals surface area (Å²) >= 11 is 0. The van der Waals surface area contributed by atoms with E-state index in [-0.39, 0.29) is 17.7 Å². The van der Waals surface area contributed by atoms with Gasteiger partial charge in [0, 0.05) is 5.92 Å². The van der Waals surface area contributed by atoms with Crippen molar-refractivity contribution >= 4 is 11.9 Å². The summed E-state index contributed by atoms with van der Waals surface area (Å²) in [6.45, 7) is 3.58. The Morgan fingerprint density at radius 3 is 2.21 bits per heavy atom. The van der Waals surface area contributed by atoms with Crippen LogP contribution in [0.1, 0.15) is 33.1 Å². The number of rotatable bonds is 4. The topological polar surface area (TPSA) is 66.4 Å². The van der Waals surface area contributed by atoms with Crippen LogP contribution in [0.25, 0.3) is 0 Å². The molecule has 0 saturated heterocycles. The van der Waals surface area contributed by atoms with Crippen molar-refractivity contribution in [3.8, 4) is 0 Å². The third-order valence-corrected chi connectivity index (χ3v) is 2.71. The van der Waals surface area contributed by atoms with Gasteiger partial charge in [0.2, 0.25) is 5.91 Å². The molecule has 14 heavy (non-hydrogen) atoms. The molecular formula is C10H17NO3. The molecule has 0 aromatic rings. The first-order chi connectivity index (χ1) is 6.52. The van der Waals surface area contributed by atoms with E-state index in [1.54, 1.807) is 13.8 Å². The Labute approximate surface area is 83.7 Å². The van der Waals surface area contributed by atoms with Gasteiger partial charge in [-0.05, 0) is 18.8 Å². The highest BCUT2D eigenvalue weighted by molar-refractivity contribution is 5.85. The van der Waals surface area contributed by atoms with Crippen molar-refractivity contribution in [2.45, 2.75) is 39.2 Å². The summed E-state index contributed by atoms with van der Waals surface area (Å²) in [5, 5.41) is 11.4. The van der Waals surface area contributed by atoms with Gasteiger partial charge in [0.25, 0.3) is 0 Å². The van der Waals surface area contributed by atoms with Gasteiger partial charge in [-0.25, -0.2) is 4.79 Å². The van der Waals surface area contributed by atoms with Gasteiger partial charge < -0.3 is 10.4 Å². The lowest BCUT2D eigenvalue weighted by atomic mass is 9.84. The molecular weight excluding hydrogens is 182 g/mol. The maximum Gasteiger partial charge on any atom is 0.326 e. The lowest BCUT2D eigenvalue weighted by Gasteiger charge is -2.27. The Hall–Kier alpha value is -1.06. The van der Waals surface area contributed by atoms with E-state index in [2.05, 4.69) is 5.32 Å². The van der Waals surface area contributed by atoms with Crippen LogP contribution in [0.3, 0.4) is 0 Å². The van der Waals surface area contributed by atoms with E-state index in [9.17, 15) is 9.59 Å². The highest BCUT2D eigenvalue weighted by Crippen LogP contribution is 2.26. The number of hydrogen-bond donors (Lipinski definition) is 2. The largest absolute Gasteiger partial charge is 0.480 e. The van der Waals surface area contributed by atoms with Crippen LogP contribution < -0.4 is 5.32 Å². The SMILES string of the molecule is CC(C)[C@H](NC(=O)C1CCC1)C(=O)O. The first-order valence-electron chi connectivity index (χ1n) is 5.05. The van der Waals surface area contributed by atoms with Crippen LogP contribution >= 0.6 is 0 Å². The normalized spacial score (nSPS) is 18.8. The first-order valence-corrected chi connectivity index (χ1v) is 5.05. The zero-order chi connectivity index (χ0) is 10.7. The molecule has 1 saturated carbocycles. The predicted octanol–water partition coefficient (Wildman–Crippen LogP) is 1.01. The fourth-order valence-corrected chi connectivity index (χ4v) is 1.46. The number of nitrogens with one attached hydrogen (secondary N) is 1. The average Bonchev–Trinajstić information content (AvgIpc) is 1.95. The van der Waals surface area contributed by atoms with E-state index >= 15 is 0 Å². The summed E-state index contributed by atoms with van der Waals surface area (Å²) in [4.78, 5) is 22.3. The second-order valence-electron chi connectivity index (χ2n) is 4.20. The molecule has 1 fully saturated rings. The summed E-state index contributed by atoms with van der Waals surface area (Å²) in [5.74, 6) is -1.07. The minimum Gasteiger partial charge on any atom is -0.480 e. The van der Waals surface area contributed by atoms with Crippen LogP contribution in [0.15, 0.2) is 0 Å². The van der Waals surface area contributed by atoms with Gasteiger partial charge in [-0.3, -0.25) is 4.79 Å². The Balaban J connectivity index is 2.46. The van der Waals surface area contributed by atoms with Gasteiger partial charge in [0.15, 0.2) is 0 Å². The van der Waals surface area contributed by atoms with E-state index in [0.29, 0.717) is 0 Å². The standard InChI is InChI=1S/C10H17NO3/c1-6(2)8(10(13)14)11-9(12)7-4-3-5-7/h6-8H,3-5H2,1-2H3,(H,11,12)(H,13,14)/t8-/m0/s1. The Morgan fingerprint density at radius 2 is 1.93 bits per heavy atom. The van der Waals surface area contributed by atoms with Crippen LogP contribution in [0.2, 0.25) is 0 Å². The van der Waals surface area contributed by atoms with Crippen molar-refractivity contribution in [3.05, 3.63) is 0 Å². The lowest BCUT2D eigenvalue weighted by Crippen LogP contribution is -2.47. The second kappa shape index (κ2) is 4.44. The van der Waals surface area contributed by atoms with Crippen molar-refractivity contribution in [1.82, 2.24) is 5.32 Å². The van der Waals surface area contributed by atoms with Gasteiger partial charge in [-0.1, -0.05) is 20.3 Å². The third kappa shape index (κ3) is 2.47. The number of carbonyl (C=O) groups is 2. The van der Waals surface area contributed by atoms with Gasteiger partial charge in [0.1, 0.15) is 6.04 Å². The van der Waals surface area contributed by atoms with Crippen LogP contribution in [0.5, 0.6) is 0 Å². The average molecular weight is 199 g/mol. The van der Waals surface area contributed by atoms with Gasteiger partial charge >= 0.3 is 5.97 Å². The molecule has 0 bridgehead atoms. The number of carboxylic acid groups (broad SMARTS) is 1. The molecule has 1 aliphatic carbocycles. The molecule has 80 valence electrons. The molecule has 0 radical (unpaired) electrons. The molecule has 0 unspecified atom stereocenters. The van der Waals surface area contributed by atoms with E-state index in [1.807, 2.05) is 0 Å². The highest BCUT2D eigenvalue weighted by Gasteiger charge is 2.30. The molecule has 0 spiro atoms.